The number of piperidine rings is 1. The van der Waals surface area contributed by atoms with Crippen molar-refractivity contribution in [3.8, 4) is 0 Å². The summed E-state index contributed by atoms with van der Waals surface area (Å²) < 4.78 is 0. The molecule has 1 aliphatic heterocycles. The summed E-state index contributed by atoms with van der Waals surface area (Å²) in [7, 11) is 1.64. The van der Waals surface area contributed by atoms with Crippen molar-refractivity contribution in [1.29, 1.82) is 0 Å². The first-order chi connectivity index (χ1) is 7.82. The molecule has 2 rings (SSSR count). The third kappa shape index (κ3) is 1.61. The number of hydrogen-bond acceptors (Lipinski definition) is 5. The minimum atomic E-state index is -1.46. The van der Waals surface area contributed by atoms with Gasteiger partial charge in [0.1, 0.15) is 5.38 Å². The van der Waals surface area contributed by atoms with E-state index in [0.717, 1.165) is 0 Å². The highest BCUT2D eigenvalue weighted by Gasteiger charge is 2.65. The van der Waals surface area contributed by atoms with E-state index in [-0.39, 0.29) is 19.5 Å². The Balaban J connectivity index is 2.52. The van der Waals surface area contributed by atoms with Gasteiger partial charge in [-0.25, -0.2) is 0 Å². The summed E-state index contributed by atoms with van der Waals surface area (Å²) in [5.74, 6) is 0. The maximum atomic E-state index is 11.2. The van der Waals surface area contributed by atoms with Crippen LogP contribution in [0.1, 0.15) is 6.42 Å². The van der Waals surface area contributed by atoms with Gasteiger partial charge in [-0.2, -0.15) is 0 Å². The van der Waals surface area contributed by atoms with Crippen LogP contribution >= 0.6 is 11.6 Å². The normalized spacial score (nSPS) is 41.2. The van der Waals surface area contributed by atoms with Crippen LogP contribution in [0, 0.1) is 20.2 Å². The van der Waals surface area contributed by atoms with E-state index in [4.69, 9.17) is 11.6 Å². The van der Waals surface area contributed by atoms with Gasteiger partial charge < -0.3 is 0 Å². The molecule has 8 heteroatoms. The van der Waals surface area contributed by atoms with Gasteiger partial charge in [0.15, 0.2) is 0 Å². The van der Waals surface area contributed by atoms with Crippen LogP contribution in [-0.4, -0.2) is 51.3 Å². The molecule has 3 unspecified atom stereocenters. The fourth-order valence-electron chi connectivity index (χ4n) is 2.78. The minimum absolute atomic E-state index is 0.133. The van der Waals surface area contributed by atoms with Crippen LogP contribution < -0.4 is 0 Å². The lowest BCUT2D eigenvalue weighted by molar-refractivity contribution is -0.618. The standard InChI is InChI=1S/C9H12ClN3O4/c1-11-5-8(12(14)15)3-2-7(10)9(4-8,6-11)13(16)17/h2-3,7H,4-6H2,1H3. The van der Waals surface area contributed by atoms with Crippen LogP contribution in [0.25, 0.3) is 0 Å². The SMILES string of the molecule is CN1CC2([N+](=O)[O-])C=CC(Cl)C([N+](=O)[O-])(C1)C2. The van der Waals surface area contributed by atoms with E-state index in [1.807, 2.05) is 0 Å². The number of likely N-dealkylation sites (N-methyl/N-ethyl adjacent to an activating group) is 1. The molecule has 1 saturated heterocycles. The molecule has 17 heavy (non-hydrogen) atoms. The van der Waals surface area contributed by atoms with Crippen molar-refractivity contribution in [1.82, 2.24) is 4.90 Å². The Labute approximate surface area is 102 Å². The van der Waals surface area contributed by atoms with Crippen LogP contribution in [0.5, 0.6) is 0 Å². The van der Waals surface area contributed by atoms with Gasteiger partial charge in [0.2, 0.25) is 0 Å². The lowest BCUT2D eigenvalue weighted by Gasteiger charge is -2.44. The Morgan fingerprint density at radius 1 is 1.35 bits per heavy atom. The fourth-order valence-corrected chi connectivity index (χ4v) is 3.08. The zero-order valence-electron chi connectivity index (χ0n) is 9.21. The molecule has 2 bridgehead atoms. The number of hydrogen-bond donors (Lipinski definition) is 0. The molecule has 0 saturated carbocycles. The summed E-state index contributed by atoms with van der Waals surface area (Å²) >= 11 is 5.99. The molecule has 7 nitrogen and oxygen atoms in total. The van der Waals surface area contributed by atoms with Crippen LogP contribution in [0.4, 0.5) is 0 Å². The molecule has 0 spiro atoms. The van der Waals surface area contributed by atoms with Crippen LogP contribution in [-0.2, 0) is 0 Å². The summed E-state index contributed by atoms with van der Waals surface area (Å²) in [6.45, 7) is 0.309. The number of likely N-dealkylation sites (tertiary alicyclic amines) is 1. The molecular weight excluding hydrogens is 250 g/mol. The molecule has 3 atom stereocenters. The van der Waals surface area contributed by atoms with Crippen molar-refractivity contribution >= 4 is 11.6 Å². The largest absolute Gasteiger partial charge is 0.292 e. The Morgan fingerprint density at radius 3 is 2.53 bits per heavy atom. The van der Waals surface area contributed by atoms with Crippen LogP contribution in [0.2, 0.25) is 0 Å². The molecule has 2 aliphatic rings. The Bertz CT molecular complexity index is 415. The first-order valence-electron chi connectivity index (χ1n) is 5.13. The van der Waals surface area contributed by atoms with Gasteiger partial charge in [-0.05, 0) is 13.1 Å². The molecule has 0 aromatic rings. The summed E-state index contributed by atoms with van der Waals surface area (Å²) in [5, 5.41) is 21.6. The van der Waals surface area contributed by atoms with Crippen molar-refractivity contribution in [2.45, 2.75) is 22.9 Å². The zero-order chi connectivity index (χ0) is 12.8. The second-order valence-electron chi connectivity index (χ2n) is 4.83. The number of nitrogens with zero attached hydrogens (tertiary/aromatic N) is 3. The molecule has 1 fully saturated rings. The van der Waals surface area contributed by atoms with E-state index in [1.165, 1.54) is 12.2 Å². The Kier molecular flexibility index (Phi) is 2.62. The predicted octanol–water partition coefficient (Wildman–Crippen LogP) is 0.530. The van der Waals surface area contributed by atoms with Crippen LogP contribution in [0.3, 0.4) is 0 Å². The number of rotatable bonds is 2. The summed E-state index contributed by atoms with van der Waals surface area (Å²) in [5.41, 5.74) is -2.85. The Morgan fingerprint density at radius 2 is 2.00 bits per heavy atom. The average molecular weight is 262 g/mol. The molecule has 0 radical (unpaired) electrons. The number of nitro groups is 2. The van der Waals surface area contributed by atoms with Crippen molar-refractivity contribution in [2.75, 3.05) is 20.1 Å². The van der Waals surface area contributed by atoms with Gasteiger partial charge in [-0.1, -0.05) is 6.08 Å². The van der Waals surface area contributed by atoms with Gasteiger partial charge in [-0.3, -0.25) is 25.1 Å². The highest BCUT2D eigenvalue weighted by atomic mass is 35.5. The average Bonchev–Trinajstić information content (AvgIpc) is 2.23. The number of alkyl halides is 1. The minimum Gasteiger partial charge on any atom is -0.292 e. The quantitative estimate of drug-likeness (QED) is 0.313. The highest BCUT2D eigenvalue weighted by molar-refractivity contribution is 6.22. The number of fused-ring (bicyclic) bond motifs is 2. The lowest BCUT2D eigenvalue weighted by atomic mass is 9.72. The van der Waals surface area contributed by atoms with Crippen molar-refractivity contribution in [3.63, 3.8) is 0 Å². The second-order valence-corrected chi connectivity index (χ2v) is 5.30. The molecule has 94 valence electrons. The van der Waals surface area contributed by atoms with Gasteiger partial charge >= 0.3 is 0 Å². The molecule has 0 amide bonds. The van der Waals surface area contributed by atoms with E-state index in [9.17, 15) is 20.2 Å². The summed E-state index contributed by atoms with van der Waals surface area (Å²) in [6, 6.07) is 0. The molecule has 0 N–H and O–H groups in total. The smallest absolute Gasteiger partial charge is 0.261 e. The lowest BCUT2D eigenvalue weighted by Crippen LogP contribution is -2.68. The van der Waals surface area contributed by atoms with E-state index in [1.54, 1.807) is 11.9 Å². The first kappa shape index (κ1) is 12.3. The van der Waals surface area contributed by atoms with Crippen LogP contribution in [0.15, 0.2) is 12.2 Å². The molecule has 1 heterocycles. The molecule has 1 aliphatic carbocycles. The first-order valence-corrected chi connectivity index (χ1v) is 5.57. The van der Waals surface area contributed by atoms with Crippen molar-refractivity contribution < 1.29 is 9.85 Å². The topological polar surface area (TPSA) is 89.5 Å². The molecular formula is C9H12ClN3O4. The predicted molar refractivity (Wildman–Crippen MR) is 60.3 cm³/mol. The van der Waals surface area contributed by atoms with Crippen molar-refractivity contribution in [2.24, 2.45) is 0 Å². The van der Waals surface area contributed by atoms with Crippen molar-refractivity contribution in [3.05, 3.63) is 32.4 Å². The molecule has 0 aromatic carbocycles. The van der Waals surface area contributed by atoms with E-state index < -0.39 is 26.3 Å². The molecule has 0 aromatic heterocycles. The summed E-state index contributed by atoms with van der Waals surface area (Å²) in [4.78, 5) is 23.1. The second kappa shape index (κ2) is 3.64. The van der Waals surface area contributed by atoms with E-state index in [0.29, 0.717) is 0 Å². The van der Waals surface area contributed by atoms with Gasteiger partial charge in [0.25, 0.3) is 11.1 Å². The van der Waals surface area contributed by atoms with Gasteiger partial charge in [0.05, 0.1) is 19.5 Å². The third-order valence-electron chi connectivity index (χ3n) is 3.52. The number of halogens is 1. The highest BCUT2D eigenvalue weighted by Crippen LogP contribution is 2.42. The summed E-state index contributed by atoms with van der Waals surface area (Å²) in [6.07, 6.45) is 2.65. The Hall–Kier alpha value is -1.21. The van der Waals surface area contributed by atoms with E-state index >= 15 is 0 Å². The van der Waals surface area contributed by atoms with Gasteiger partial charge in [-0.15, -0.1) is 11.6 Å². The zero-order valence-corrected chi connectivity index (χ0v) is 9.96. The van der Waals surface area contributed by atoms with E-state index in [2.05, 4.69) is 0 Å². The maximum Gasteiger partial charge on any atom is 0.261 e. The fraction of sp³-hybridized carbons (Fsp3) is 0.778. The maximum absolute atomic E-state index is 11.2. The van der Waals surface area contributed by atoms with Gasteiger partial charge in [0, 0.05) is 9.85 Å². The monoisotopic (exact) mass is 261 g/mol. The third-order valence-corrected chi connectivity index (χ3v) is 4.07.